The van der Waals surface area contributed by atoms with Gasteiger partial charge in [0.2, 0.25) is 11.8 Å². The minimum absolute atomic E-state index is 0.135. The Kier molecular flexibility index (Phi) is 9.16. The molecule has 2 aliphatic rings. The molecule has 2 aliphatic heterocycles. The summed E-state index contributed by atoms with van der Waals surface area (Å²) in [6, 6.07) is 8.34. The van der Waals surface area contributed by atoms with Crippen molar-refractivity contribution in [1.82, 2.24) is 34.0 Å². The Morgan fingerprint density at radius 1 is 0.947 bits per heavy atom. The van der Waals surface area contributed by atoms with Crippen LogP contribution in [-0.4, -0.2) is 75.8 Å². The molecule has 0 unspecified atom stereocenters. The van der Waals surface area contributed by atoms with Crippen LogP contribution in [0.15, 0.2) is 30.3 Å². The Morgan fingerprint density at radius 2 is 1.61 bits per heavy atom. The van der Waals surface area contributed by atoms with E-state index in [0.717, 1.165) is 18.4 Å². The van der Waals surface area contributed by atoms with Crippen molar-refractivity contribution in [3.63, 3.8) is 0 Å². The van der Waals surface area contributed by atoms with E-state index in [9.17, 15) is 18.0 Å². The van der Waals surface area contributed by atoms with Crippen LogP contribution >= 0.6 is 0 Å². The normalized spacial score (nSPS) is 23.1. The zero-order chi connectivity index (χ0) is 27.3. The lowest BCUT2D eigenvalue weighted by Crippen LogP contribution is -2.49. The molecule has 1 saturated heterocycles. The Morgan fingerprint density at radius 3 is 2.29 bits per heavy atom. The molecule has 0 saturated carbocycles. The number of hydrogen-bond acceptors (Lipinski definition) is 6. The number of hydrogen-bond donors (Lipinski definition) is 2. The highest BCUT2D eigenvalue weighted by atomic mass is 32.2. The van der Waals surface area contributed by atoms with E-state index in [1.165, 1.54) is 8.61 Å². The maximum Gasteiger partial charge on any atom is 0.282 e. The molecular weight excluding hydrogens is 506 g/mol. The van der Waals surface area contributed by atoms with E-state index in [-0.39, 0.29) is 43.8 Å². The summed E-state index contributed by atoms with van der Waals surface area (Å²) in [7, 11) is -3.68. The second-order valence-corrected chi connectivity index (χ2v) is 12.4. The lowest BCUT2D eigenvalue weighted by atomic mass is 10.0. The van der Waals surface area contributed by atoms with Crippen LogP contribution in [0.3, 0.4) is 0 Å². The van der Waals surface area contributed by atoms with E-state index >= 15 is 0 Å². The highest BCUT2D eigenvalue weighted by Gasteiger charge is 2.33. The van der Waals surface area contributed by atoms with Crippen LogP contribution in [0.1, 0.15) is 64.7 Å². The summed E-state index contributed by atoms with van der Waals surface area (Å²) in [5.74, 6) is 0.693. The smallest absolute Gasteiger partial charge is 0.282 e. The standard InChI is InChI=1S/C26H39N7O4S/c1-19(2)18-22-26(35)27-20(3)25-29-24(21-10-5-4-6-11-21)30-33(25)17-16-32(15-9-12-23(34)28-22)38(36,37)31-13-7-8-14-31/h4-6,10-11,19-20,22H,7-9,12-18H2,1-3H3,(H,27,35)(H,28,34)/t20-,22-/m1/s1. The Balaban J connectivity index is 1.68. The molecule has 0 spiro atoms. The largest absolute Gasteiger partial charge is 0.345 e. The molecule has 11 nitrogen and oxygen atoms in total. The van der Waals surface area contributed by atoms with Gasteiger partial charge in [0.1, 0.15) is 11.9 Å². The molecule has 1 fully saturated rings. The van der Waals surface area contributed by atoms with Crippen molar-refractivity contribution < 1.29 is 18.0 Å². The Labute approximate surface area is 225 Å². The molecule has 38 heavy (non-hydrogen) atoms. The van der Waals surface area contributed by atoms with Crippen molar-refractivity contribution in [1.29, 1.82) is 0 Å². The van der Waals surface area contributed by atoms with E-state index < -0.39 is 22.3 Å². The van der Waals surface area contributed by atoms with Gasteiger partial charge in [-0.15, -0.1) is 0 Å². The molecule has 0 bridgehead atoms. The van der Waals surface area contributed by atoms with E-state index in [2.05, 4.69) is 10.6 Å². The third kappa shape index (κ3) is 6.78. The van der Waals surface area contributed by atoms with Crippen molar-refractivity contribution in [2.24, 2.45) is 5.92 Å². The summed E-state index contributed by atoms with van der Waals surface area (Å²) in [5.41, 5.74) is 0.829. The first kappa shape index (κ1) is 28.2. The molecule has 2 atom stereocenters. The molecule has 1 aromatic carbocycles. The number of fused-ring (bicyclic) bond motifs is 1. The van der Waals surface area contributed by atoms with Gasteiger partial charge in [-0.05, 0) is 38.5 Å². The number of carbonyl (C=O) groups is 2. The Hall–Kier alpha value is -2.83. The number of amides is 2. The molecule has 2 aromatic rings. The van der Waals surface area contributed by atoms with Crippen molar-refractivity contribution in [2.75, 3.05) is 26.2 Å². The van der Waals surface area contributed by atoms with E-state index in [4.69, 9.17) is 10.1 Å². The highest BCUT2D eigenvalue weighted by molar-refractivity contribution is 7.86. The summed E-state index contributed by atoms with van der Waals surface area (Å²) in [5, 5.41) is 10.6. The van der Waals surface area contributed by atoms with E-state index in [0.29, 0.717) is 37.6 Å². The SMILES string of the molecule is CC(C)C[C@H]1NC(=O)CCCN(S(=O)(=O)N2CCCC2)CCn2nc(-c3ccccc3)nc2[C@@H](C)NC1=O. The van der Waals surface area contributed by atoms with Crippen LogP contribution in [0.5, 0.6) is 0 Å². The van der Waals surface area contributed by atoms with Gasteiger partial charge in [0.05, 0.1) is 12.6 Å². The number of benzene rings is 1. The topological polar surface area (TPSA) is 130 Å². The Bertz CT molecular complexity index is 1210. The van der Waals surface area contributed by atoms with Gasteiger partial charge in [-0.2, -0.15) is 22.1 Å². The first-order valence-corrected chi connectivity index (χ1v) is 14.9. The maximum absolute atomic E-state index is 13.5. The first-order valence-electron chi connectivity index (χ1n) is 13.5. The van der Waals surface area contributed by atoms with Crippen molar-refractivity contribution >= 4 is 22.0 Å². The van der Waals surface area contributed by atoms with Gasteiger partial charge in [0.25, 0.3) is 10.2 Å². The van der Waals surface area contributed by atoms with Gasteiger partial charge in [-0.3, -0.25) is 9.59 Å². The average Bonchev–Trinajstić information content (AvgIpc) is 3.56. The molecule has 4 rings (SSSR count). The van der Waals surface area contributed by atoms with Gasteiger partial charge in [-0.1, -0.05) is 44.2 Å². The summed E-state index contributed by atoms with van der Waals surface area (Å²) < 4.78 is 31.6. The number of rotatable bonds is 5. The molecule has 12 heteroatoms. The monoisotopic (exact) mass is 545 g/mol. The highest BCUT2D eigenvalue weighted by Crippen LogP contribution is 2.21. The first-order chi connectivity index (χ1) is 18.1. The quantitative estimate of drug-likeness (QED) is 0.592. The average molecular weight is 546 g/mol. The zero-order valence-electron chi connectivity index (χ0n) is 22.5. The fraction of sp³-hybridized carbons (Fsp3) is 0.615. The summed E-state index contributed by atoms with van der Waals surface area (Å²) >= 11 is 0. The number of nitrogens with one attached hydrogen (secondary N) is 2. The maximum atomic E-state index is 13.5. The number of aromatic nitrogens is 3. The van der Waals surface area contributed by atoms with Crippen molar-refractivity contribution in [3.05, 3.63) is 36.2 Å². The fourth-order valence-electron chi connectivity index (χ4n) is 4.94. The molecule has 2 N–H and O–H groups in total. The van der Waals surface area contributed by atoms with Crippen LogP contribution in [0, 0.1) is 5.92 Å². The fourth-order valence-corrected chi connectivity index (χ4v) is 6.66. The van der Waals surface area contributed by atoms with Crippen molar-refractivity contribution in [3.8, 4) is 11.4 Å². The van der Waals surface area contributed by atoms with Crippen LogP contribution in [-0.2, 0) is 26.3 Å². The van der Waals surface area contributed by atoms with Crippen LogP contribution in [0.25, 0.3) is 11.4 Å². The van der Waals surface area contributed by atoms with Gasteiger partial charge in [0, 0.05) is 38.2 Å². The second-order valence-electron chi connectivity index (χ2n) is 10.5. The number of nitrogens with zero attached hydrogens (tertiary/aromatic N) is 5. The summed E-state index contributed by atoms with van der Waals surface area (Å²) in [6.07, 6.45) is 2.66. The lowest BCUT2D eigenvalue weighted by Gasteiger charge is -2.28. The summed E-state index contributed by atoms with van der Waals surface area (Å²) in [4.78, 5) is 30.7. The zero-order valence-corrected chi connectivity index (χ0v) is 23.3. The molecular formula is C26H39N7O4S. The molecule has 208 valence electrons. The van der Waals surface area contributed by atoms with Gasteiger partial charge in [0.15, 0.2) is 5.82 Å². The molecule has 0 radical (unpaired) electrons. The van der Waals surface area contributed by atoms with E-state index in [1.54, 1.807) is 4.68 Å². The number of carbonyl (C=O) groups excluding carboxylic acids is 2. The van der Waals surface area contributed by atoms with Crippen LogP contribution in [0.2, 0.25) is 0 Å². The van der Waals surface area contributed by atoms with Crippen molar-refractivity contribution in [2.45, 2.75) is 71.5 Å². The third-order valence-electron chi connectivity index (χ3n) is 6.93. The minimum atomic E-state index is -3.68. The molecule has 2 amide bonds. The predicted molar refractivity (Wildman–Crippen MR) is 144 cm³/mol. The summed E-state index contributed by atoms with van der Waals surface area (Å²) in [6.45, 7) is 7.49. The lowest BCUT2D eigenvalue weighted by molar-refractivity contribution is -0.129. The van der Waals surface area contributed by atoms with Gasteiger partial charge >= 0.3 is 0 Å². The molecule has 0 aliphatic carbocycles. The predicted octanol–water partition coefficient (Wildman–Crippen LogP) is 2.09. The van der Waals surface area contributed by atoms with Gasteiger partial charge < -0.3 is 10.6 Å². The van der Waals surface area contributed by atoms with Crippen LogP contribution < -0.4 is 10.6 Å². The molecule has 1 aromatic heterocycles. The van der Waals surface area contributed by atoms with Gasteiger partial charge in [-0.25, -0.2) is 9.67 Å². The third-order valence-corrected chi connectivity index (χ3v) is 8.96. The minimum Gasteiger partial charge on any atom is -0.345 e. The second kappa shape index (κ2) is 12.4. The molecule has 3 heterocycles. The van der Waals surface area contributed by atoms with E-state index in [1.807, 2.05) is 51.1 Å². The van der Waals surface area contributed by atoms with Crippen LogP contribution in [0.4, 0.5) is 0 Å².